The Kier molecular flexibility index (Phi) is 27.1. The van der Waals surface area contributed by atoms with Gasteiger partial charge in [-0.05, 0) is 66.5 Å². The zero-order valence-electron chi connectivity index (χ0n) is 25.0. The second kappa shape index (κ2) is 26.0. The molecule has 0 saturated carbocycles. The molecule has 0 unspecified atom stereocenters. The van der Waals surface area contributed by atoms with E-state index in [1.165, 1.54) is 51.8 Å². The topological polar surface area (TPSA) is 0 Å². The molecule has 3 rings (SSSR count). The van der Waals surface area contributed by atoms with E-state index in [2.05, 4.69) is 152 Å². The van der Waals surface area contributed by atoms with E-state index >= 15 is 0 Å². The van der Waals surface area contributed by atoms with Crippen LogP contribution in [0.5, 0.6) is 0 Å². The monoisotopic (exact) mass is 516 g/mol. The Labute approximate surface area is 235 Å². The van der Waals surface area contributed by atoms with Crippen LogP contribution in [0.3, 0.4) is 0 Å². The Morgan fingerprint density at radius 1 is 0.703 bits per heavy atom. The maximum atomic E-state index is 4.04. The smallest absolute Gasteiger partial charge is 0.0155 e. The van der Waals surface area contributed by atoms with Crippen molar-refractivity contribution in [3.63, 3.8) is 0 Å². The van der Waals surface area contributed by atoms with E-state index in [0.29, 0.717) is 0 Å². The molecule has 0 aliphatic carbocycles. The standard InChI is InChI=1S/C16H16.C12H16.C3H8.C2H6.C2H4.CH2S/c1-12(2)14-8-10-15(11-9-14)16-7-5-4-6-13(16)3;1-4-5-11(3)12-8-6-10(2)7-9-12;1-3-2;3*1-2/h4-11H,1H2,2-3H3;6-9H,3-5H2,1-2H3;3H2,1-2H3;1-2H3;1-2H2;1H2. The Hall–Kier alpha value is -3.03. The molecule has 0 atom stereocenters. The molecule has 0 aromatic heterocycles. The van der Waals surface area contributed by atoms with E-state index < -0.39 is 0 Å². The van der Waals surface area contributed by atoms with E-state index in [-0.39, 0.29) is 0 Å². The van der Waals surface area contributed by atoms with Crippen molar-refractivity contribution in [1.29, 1.82) is 0 Å². The summed E-state index contributed by atoms with van der Waals surface area (Å²) >= 11 is 3.83. The van der Waals surface area contributed by atoms with Gasteiger partial charge >= 0.3 is 0 Å². The number of thiocarbonyl (C=S) groups is 1. The number of allylic oxidation sites excluding steroid dienone is 2. The summed E-state index contributed by atoms with van der Waals surface area (Å²) in [5.74, 6) is 2.83. The van der Waals surface area contributed by atoms with Gasteiger partial charge in [-0.25, -0.2) is 0 Å². The quantitative estimate of drug-likeness (QED) is 0.240. The molecule has 0 radical (unpaired) electrons. The fraction of sp³-hybridized carbons (Fsp3) is 0.306. The van der Waals surface area contributed by atoms with Gasteiger partial charge in [0, 0.05) is 0 Å². The van der Waals surface area contributed by atoms with Crippen molar-refractivity contribution in [1.82, 2.24) is 0 Å². The van der Waals surface area contributed by atoms with Gasteiger partial charge in [-0.3, -0.25) is 0 Å². The Morgan fingerprint density at radius 3 is 1.54 bits per heavy atom. The van der Waals surface area contributed by atoms with Crippen LogP contribution in [-0.4, -0.2) is 5.87 Å². The van der Waals surface area contributed by atoms with Gasteiger partial charge in [0.2, 0.25) is 0 Å². The zero-order valence-corrected chi connectivity index (χ0v) is 25.8. The van der Waals surface area contributed by atoms with Crippen molar-refractivity contribution >= 4 is 29.2 Å². The summed E-state index contributed by atoms with van der Waals surface area (Å²) in [4.78, 5) is 0. The SMILES string of the molecule is C=C.C=C(C)c1ccc(-c2ccccc2C)cc1.C=C(CCC)c1ccc(C)cc1.C=S.CC.CCC. The first-order valence-electron chi connectivity index (χ1n) is 13.2. The van der Waals surface area contributed by atoms with Crippen molar-refractivity contribution in [2.45, 2.75) is 74.7 Å². The molecule has 0 nitrogen and oxygen atoms in total. The minimum Gasteiger partial charge on any atom is -0.106 e. The maximum absolute atomic E-state index is 4.04. The minimum atomic E-state index is 1.10. The van der Waals surface area contributed by atoms with Crippen LogP contribution >= 0.6 is 12.2 Å². The molecule has 202 valence electrons. The van der Waals surface area contributed by atoms with Gasteiger partial charge in [0.15, 0.2) is 0 Å². The maximum Gasteiger partial charge on any atom is -0.0155 e. The van der Waals surface area contributed by atoms with Gasteiger partial charge in [-0.1, -0.05) is 157 Å². The average molecular weight is 517 g/mol. The molecule has 0 aliphatic rings. The van der Waals surface area contributed by atoms with Crippen molar-refractivity contribution in [2.75, 3.05) is 0 Å². The third-order valence-electron chi connectivity index (χ3n) is 4.85. The largest absolute Gasteiger partial charge is 0.106 e. The summed E-state index contributed by atoms with van der Waals surface area (Å²) in [5.41, 5.74) is 10.0. The summed E-state index contributed by atoms with van der Waals surface area (Å²) in [6, 6.07) is 25.6. The van der Waals surface area contributed by atoms with Gasteiger partial charge in [0.1, 0.15) is 0 Å². The van der Waals surface area contributed by atoms with Crippen LogP contribution in [-0.2, 0) is 0 Å². The zero-order chi connectivity index (χ0) is 29.2. The highest BCUT2D eigenvalue weighted by atomic mass is 32.1. The lowest BCUT2D eigenvalue weighted by molar-refractivity contribution is 0.975. The summed E-state index contributed by atoms with van der Waals surface area (Å²) in [6.45, 7) is 30.7. The Balaban J connectivity index is -0.000000488. The molecule has 3 aromatic carbocycles. The van der Waals surface area contributed by atoms with Crippen LogP contribution in [0.4, 0.5) is 0 Å². The summed E-state index contributed by atoms with van der Waals surface area (Å²) in [7, 11) is 0. The predicted octanol–water partition coefficient (Wildman–Crippen LogP) is 12.4. The van der Waals surface area contributed by atoms with E-state index in [4.69, 9.17) is 0 Å². The molecule has 0 fully saturated rings. The molecule has 0 N–H and O–H groups in total. The Bertz CT molecular complexity index is 960. The second-order valence-corrected chi connectivity index (χ2v) is 8.10. The van der Waals surface area contributed by atoms with Crippen LogP contribution < -0.4 is 0 Å². The number of aryl methyl sites for hydroxylation is 2. The first-order valence-corrected chi connectivity index (χ1v) is 13.8. The number of benzene rings is 3. The van der Waals surface area contributed by atoms with Gasteiger partial charge in [-0.2, -0.15) is 0 Å². The molecule has 1 heteroatoms. The second-order valence-electron chi connectivity index (χ2n) is 8.10. The molecule has 0 saturated heterocycles. The summed E-state index contributed by atoms with van der Waals surface area (Å²) in [6.07, 6.45) is 3.52. The molecular weight excluding hydrogens is 464 g/mol. The highest BCUT2D eigenvalue weighted by Gasteiger charge is 2.01. The van der Waals surface area contributed by atoms with Crippen LogP contribution in [0.2, 0.25) is 0 Å². The van der Waals surface area contributed by atoms with Crippen LogP contribution in [0.25, 0.3) is 22.3 Å². The van der Waals surface area contributed by atoms with Crippen molar-refractivity contribution in [2.24, 2.45) is 0 Å². The fourth-order valence-corrected chi connectivity index (χ4v) is 3.07. The number of rotatable bonds is 5. The number of hydrogen-bond donors (Lipinski definition) is 0. The highest BCUT2D eigenvalue weighted by Crippen LogP contribution is 2.24. The van der Waals surface area contributed by atoms with Gasteiger partial charge in [0.25, 0.3) is 0 Å². The predicted molar refractivity (Wildman–Crippen MR) is 180 cm³/mol. The van der Waals surface area contributed by atoms with Crippen molar-refractivity contribution in [3.8, 4) is 11.1 Å². The van der Waals surface area contributed by atoms with E-state index in [9.17, 15) is 0 Å². The lowest BCUT2D eigenvalue weighted by Crippen LogP contribution is -1.83. The fourth-order valence-electron chi connectivity index (χ4n) is 3.07. The molecule has 0 amide bonds. The molecule has 0 aliphatic heterocycles. The lowest BCUT2D eigenvalue weighted by atomic mass is 9.98. The molecule has 3 aromatic rings. The Morgan fingerprint density at radius 2 is 1.14 bits per heavy atom. The van der Waals surface area contributed by atoms with Gasteiger partial charge in [0.05, 0.1) is 0 Å². The van der Waals surface area contributed by atoms with Gasteiger partial charge < -0.3 is 0 Å². The third kappa shape index (κ3) is 17.1. The first-order chi connectivity index (χ1) is 17.8. The highest BCUT2D eigenvalue weighted by molar-refractivity contribution is 7.77. The normalized spacial score (nSPS) is 8.43. The molecular formula is C36H52S. The molecule has 37 heavy (non-hydrogen) atoms. The first kappa shape index (κ1) is 38.5. The molecule has 0 bridgehead atoms. The van der Waals surface area contributed by atoms with Crippen LogP contribution in [0.15, 0.2) is 99.1 Å². The molecule has 0 spiro atoms. The minimum absolute atomic E-state index is 1.10. The molecule has 0 heterocycles. The summed E-state index contributed by atoms with van der Waals surface area (Å²) < 4.78 is 0. The number of hydrogen-bond acceptors (Lipinski definition) is 1. The third-order valence-corrected chi connectivity index (χ3v) is 4.85. The van der Waals surface area contributed by atoms with E-state index in [0.717, 1.165) is 12.0 Å². The van der Waals surface area contributed by atoms with Crippen molar-refractivity contribution in [3.05, 3.63) is 121 Å². The van der Waals surface area contributed by atoms with Crippen LogP contribution in [0, 0.1) is 13.8 Å². The van der Waals surface area contributed by atoms with Crippen molar-refractivity contribution < 1.29 is 0 Å². The lowest BCUT2D eigenvalue weighted by Gasteiger charge is -2.07. The average Bonchev–Trinajstić information content (AvgIpc) is 2.94. The summed E-state index contributed by atoms with van der Waals surface area (Å²) in [5, 5.41) is 0. The van der Waals surface area contributed by atoms with Crippen LogP contribution in [0.1, 0.15) is 83.1 Å². The van der Waals surface area contributed by atoms with Gasteiger partial charge in [-0.15, -0.1) is 13.2 Å². The van der Waals surface area contributed by atoms with E-state index in [1.807, 2.05) is 20.8 Å². The van der Waals surface area contributed by atoms with E-state index in [1.54, 1.807) is 0 Å².